The van der Waals surface area contributed by atoms with Crippen LogP contribution in [-0.2, 0) is 6.54 Å². The van der Waals surface area contributed by atoms with Crippen molar-refractivity contribution in [2.24, 2.45) is 5.41 Å². The number of amides is 1. The van der Waals surface area contributed by atoms with Gasteiger partial charge in [-0.05, 0) is 50.9 Å². The molecule has 2 fully saturated rings. The number of hydrogen-bond donors (Lipinski definition) is 0. The van der Waals surface area contributed by atoms with E-state index >= 15 is 0 Å². The second kappa shape index (κ2) is 7.11. The number of piperidine rings is 1. The zero-order chi connectivity index (χ0) is 18.0. The molecule has 2 saturated heterocycles. The fraction of sp³-hybridized carbons (Fsp3) is 0.500. The van der Waals surface area contributed by atoms with E-state index in [4.69, 9.17) is 0 Å². The third-order valence-electron chi connectivity index (χ3n) is 5.63. The summed E-state index contributed by atoms with van der Waals surface area (Å²) in [5, 5.41) is 7.59. The first-order valence-corrected chi connectivity index (χ1v) is 9.34. The molecule has 0 saturated carbocycles. The molecule has 4 rings (SSSR count). The Bertz CT molecular complexity index is 781. The van der Waals surface area contributed by atoms with Crippen molar-refractivity contribution in [3.63, 3.8) is 0 Å². The molecule has 1 amide bonds. The van der Waals surface area contributed by atoms with E-state index in [-0.39, 0.29) is 11.3 Å². The number of aryl methyl sites for hydroxylation is 1. The molecule has 2 aromatic heterocycles. The van der Waals surface area contributed by atoms with Crippen LogP contribution in [0.5, 0.6) is 0 Å². The molecule has 2 aliphatic rings. The standard InChI is InChI=1S/C20H25N5O/c1-16-4-2-5-18(23-16)13-24-10-3-7-20(14-24)8-11-25(15-20)19(26)17-6-9-21-22-12-17/h2,4-6,9,12H,3,7-8,10-11,13-15H2,1H3. The van der Waals surface area contributed by atoms with Crippen molar-refractivity contribution in [2.75, 3.05) is 26.2 Å². The van der Waals surface area contributed by atoms with Gasteiger partial charge in [-0.2, -0.15) is 10.2 Å². The van der Waals surface area contributed by atoms with E-state index in [1.807, 2.05) is 17.9 Å². The highest BCUT2D eigenvalue weighted by Crippen LogP contribution is 2.39. The SMILES string of the molecule is Cc1cccc(CN2CCCC3(CCN(C(=O)c4ccnnc4)C3)C2)n1. The van der Waals surface area contributed by atoms with E-state index < -0.39 is 0 Å². The molecular weight excluding hydrogens is 326 g/mol. The van der Waals surface area contributed by atoms with Crippen molar-refractivity contribution >= 4 is 5.91 Å². The molecule has 2 aliphatic heterocycles. The van der Waals surface area contributed by atoms with Gasteiger partial charge < -0.3 is 4.90 Å². The molecule has 0 aliphatic carbocycles. The van der Waals surface area contributed by atoms with Crippen LogP contribution < -0.4 is 0 Å². The Morgan fingerprint density at radius 3 is 2.88 bits per heavy atom. The molecule has 136 valence electrons. The normalized spacial score (nSPS) is 23.5. The Balaban J connectivity index is 1.42. The number of aromatic nitrogens is 3. The average molecular weight is 351 g/mol. The van der Waals surface area contributed by atoms with Gasteiger partial charge in [0.25, 0.3) is 5.91 Å². The lowest BCUT2D eigenvalue weighted by atomic mass is 9.79. The first kappa shape index (κ1) is 17.1. The number of nitrogens with zero attached hydrogens (tertiary/aromatic N) is 5. The van der Waals surface area contributed by atoms with Crippen LogP contribution in [0, 0.1) is 12.3 Å². The minimum atomic E-state index is 0.0780. The lowest BCUT2D eigenvalue weighted by molar-refractivity contribution is 0.0672. The molecule has 6 heteroatoms. The predicted octanol–water partition coefficient (Wildman–Crippen LogP) is 2.31. The zero-order valence-corrected chi connectivity index (χ0v) is 15.3. The van der Waals surface area contributed by atoms with Crippen LogP contribution in [0.4, 0.5) is 0 Å². The van der Waals surface area contributed by atoms with Crippen molar-refractivity contribution in [1.82, 2.24) is 25.0 Å². The van der Waals surface area contributed by atoms with Gasteiger partial charge in [0, 0.05) is 37.3 Å². The molecule has 1 spiro atoms. The molecule has 26 heavy (non-hydrogen) atoms. The van der Waals surface area contributed by atoms with Crippen LogP contribution in [0.15, 0.2) is 36.7 Å². The number of rotatable bonds is 3. The number of likely N-dealkylation sites (tertiary alicyclic amines) is 2. The van der Waals surface area contributed by atoms with Crippen molar-refractivity contribution < 1.29 is 4.79 Å². The highest BCUT2D eigenvalue weighted by molar-refractivity contribution is 5.94. The molecule has 0 radical (unpaired) electrons. The van der Waals surface area contributed by atoms with Gasteiger partial charge in [0.2, 0.25) is 0 Å². The summed E-state index contributed by atoms with van der Waals surface area (Å²) in [6, 6.07) is 7.97. The van der Waals surface area contributed by atoms with E-state index in [1.165, 1.54) is 12.8 Å². The number of carbonyl (C=O) groups excluding carboxylic acids is 1. The molecule has 0 N–H and O–H groups in total. The molecule has 1 unspecified atom stereocenters. The van der Waals surface area contributed by atoms with Crippen LogP contribution in [0.1, 0.15) is 41.0 Å². The molecule has 2 aromatic rings. The summed E-state index contributed by atoms with van der Waals surface area (Å²) in [6.45, 7) is 6.76. The Labute approximate surface area is 154 Å². The van der Waals surface area contributed by atoms with Crippen LogP contribution in [0.2, 0.25) is 0 Å². The summed E-state index contributed by atoms with van der Waals surface area (Å²) < 4.78 is 0. The van der Waals surface area contributed by atoms with Crippen molar-refractivity contribution in [3.05, 3.63) is 53.6 Å². The first-order valence-electron chi connectivity index (χ1n) is 9.34. The van der Waals surface area contributed by atoms with Gasteiger partial charge >= 0.3 is 0 Å². The van der Waals surface area contributed by atoms with Crippen molar-refractivity contribution in [1.29, 1.82) is 0 Å². The van der Waals surface area contributed by atoms with Crippen LogP contribution in [-0.4, -0.2) is 57.1 Å². The Kier molecular flexibility index (Phi) is 4.68. The Hall–Kier alpha value is -2.34. The van der Waals surface area contributed by atoms with Crippen LogP contribution >= 0.6 is 0 Å². The van der Waals surface area contributed by atoms with Crippen molar-refractivity contribution in [2.45, 2.75) is 32.7 Å². The summed E-state index contributed by atoms with van der Waals surface area (Å²) in [5.74, 6) is 0.0780. The maximum atomic E-state index is 12.7. The Morgan fingerprint density at radius 2 is 2.08 bits per heavy atom. The van der Waals surface area contributed by atoms with Crippen LogP contribution in [0.25, 0.3) is 0 Å². The van der Waals surface area contributed by atoms with E-state index in [0.717, 1.165) is 50.5 Å². The van der Waals surface area contributed by atoms with Crippen molar-refractivity contribution in [3.8, 4) is 0 Å². The fourth-order valence-corrected chi connectivity index (χ4v) is 4.40. The number of hydrogen-bond acceptors (Lipinski definition) is 5. The summed E-state index contributed by atoms with van der Waals surface area (Å²) in [5.41, 5.74) is 3.06. The number of carbonyl (C=O) groups is 1. The smallest absolute Gasteiger partial charge is 0.255 e. The Morgan fingerprint density at radius 1 is 1.15 bits per heavy atom. The largest absolute Gasteiger partial charge is 0.338 e. The second-order valence-corrected chi connectivity index (χ2v) is 7.69. The van der Waals surface area contributed by atoms with Gasteiger partial charge in [0.15, 0.2) is 0 Å². The van der Waals surface area contributed by atoms with E-state index in [2.05, 4.69) is 32.2 Å². The van der Waals surface area contributed by atoms with Crippen LogP contribution in [0.3, 0.4) is 0 Å². The third kappa shape index (κ3) is 3.60. The zero-order valence-electron chi connectivity index (χ0n) is 15.3. The molecule has 1 atom stereocenters. The topological polar surface area (TPSA) is 62.2 Å². The molecule has 4 heterocycles. The lowest BCUT2D eigenvalue weighted by Gasteiger charge is -2.40. The maximum Gasteiger partial charge on any atom is 0.255 e. The van der Waals surface area contributed by atoms with E-state index in [0.29, 0.717) is 5.56 Å². The van der Waals surface area contributed by atoms with Gasteiger partial charge in [0.1, 0.15) is 0 Å². The minimum absolute atomic E-state index is 0.0780. The van der Waals surface area contributed by atoms with E-state index in [9.17, 15) is 4.79 Å². The fourth-order valence-electron chi connectivity index (χ4n) is 4.40. The van der Waals surface area contributed by atoms with E-state index in [1.54, 1.807) is 18.5 Å². The van der Waals surface area contributed by atoms with Gasteiger partial charge in [0.05, 0.1) is 23.7 Å². The predicted molar refractivity (Wildman–Crippen MR) is 98.5 cm³/mol. The quantitative estimate of drug-likeness (QED) is 0.849. The third-order valence-corrected chi connectivity index (χ3v) is 5.63. The second-order valence-electron chi connectivity index (χ2n) is 7.69. The summed E-state index contributed by atoms with van der Waals surface area (Å²) in [6.07, 6.45) is 6.60. The summed E-state index contributed by atoms with van der Waals surface area (Å²) in [4.78, 5) is 21.9. The minimum Gasteiger partial charge on any atom is -0.338 e. The van der Waals surface area contributed by atoms with Gasteiger partial charge in [-0.25, -0.2) is 0 Å². The number of pyridine rings is 1. The molecule has 6 nitrogen and oxygen atoms in total. The highest BCUT2D eigenvalue weighted by atomic mass is 16.2. The van der Waals surface area contributed by atoms with Gasteiger partial charge in [-0.3, -0.25) is 14.7 Å². The maximum absolute atomic E-state index is 12.7. The first-order chi connectivity index (χ1) is 12.6. The average Bonchev–Trinajstić information content (AvgIpc) is 3.05. The van der Waals surface area contributed by atoms with Gasteiger partial charge in [-0.1, -0.05) is 6.07 Å². The summed E-state index contributed by atoms with van der Waals surface area (Å²) >= 11 is 0. The monoisotopic (exact) mass is 351 g/mol. The van der Waals surface area contributed by atoms with Gasteiger partial charge in [-0.15, -0.1) is 0 Å². The highest BCUT2D eigenvalue weighted by Gasteiger charge is 2.42. The lowest BCUT2D eigenvalue weighted by Crippen LogP contribution is -2.45. The molecule has 0 bridgehead atoms. The molecule has 0 aromatic carbocycles. The summed E-state index contributed by atoms with van der Waals surface area (Å²) in [7, 11) is 0. The molecular formula is C20H25N5O.